The van der Waals surface area contributed by atoms with Crippen LogP contribution in [0.5, 0.6) is 0 Å². The van der Waals surface area contributed by atoms with Gasteiger partial charge in [0.15, 0.2) is 5.66 Å². The lowest BCUT2D eigenvalue weighted by Gasteiger charge is -2.40. The van der Waals surface area contributed by atoms with Crippen molar-refractivity contribution in [3.05, 3.63) is 151 Å². The molecular formula is C29H24N2. The molecule has 0 amide bonds. The molecule has 0 radical (unpaired) electrons. The maximum Gasteiger partial charge on any atom is 0.160 e. The van der Waals surface area contributed by atoms with Crippen LogP contribution in [0.25, 0.3) is 11.4 Å². The molecule has 2 heteroatoms. The Morgan fingerprint density at radius 3 is 1.65 bits per heavy atom. The molecule has 1 unspecified atom stereocenters. The van der Waals surface area contributed by atoms with Crippen molar-refractivity contribution >= 4 is 17.1 Å². The van der Waals surface area contributed by atoms with E-state index in [0.29, 0.717) is 0 Å². The monoisotopic (exact) mass is 400 g/mol. The molecule has 1 aliphatic rings. The first-order valence-electron chi connectivity index (χ1n) is 10.5. The van der Waals surface area contributed by atoms with Crippen molar-refractivity contribution in [2.75, 3.05) is 4.90 Å². The summed E-state index contributed by atoms with van der Waals surface area (Å²) in [4.78, 5) is 2.37. The number of hydrogen-bond donors (Lipinski definition) is 1. The van der Waals surface area contributed by atoms with Crippen LogP contribution in [-0.2, 0) is 5.66 Å². The highest BCUT2D eigenvalue weighted by atomic mass is 15.4. The van der Waals surface area contributed by atoms with Gasteiger partial charge in [-0.2, -0.15) is 0 Å². The van der Waals surface area contributed by atoms with E-state index in [1.165, 1.54) is 0 Å². The molecule has 1 heterocycles. The molecule has 0 bridgehead atoms. The van der Waals surface area contributed by atoms with Gasteiger partial charge in [0, 0.05) is 16.8 Å². The summed E-state index contributed by atoms with van der Waals surface area (Å²) in [5.74, 6) is 0. The van der Waals surface area contributed by atoms with Crippen LogP contribution in [-0.4, -0.2) is 0 Å². The van der Waals surface area contributed by atoms with Crippen LogP contribution < -0.4 is 10.2 Å². The Balaban J connectivity index is 1.83. The van der Waals surface area contributed by atoms with Gasteiger partial charge in [-0.1, -0.05) is 116 Å². The maximum atomic E-state index is 4.29. The number of nitrogens with zero attached hydrogens (tertiary/aromatic N) is 1. The molecule has 2 nitrogen and oxygen atoms in total. The smallest absolute Gasteiger partial charge is 0.160 e. The van der Waals surface area contributed by atoms with Gasteiger partial charge in [-0.15, -0.1) is 0 Å². The van der Waals surface area contributed by atoms with Gasteiger partial charge in [0.1, 0.15) is 0 Å². The first kappa shape index (κ1) is 19.0. The molecule has 1 N–H and O–H groups in total. The fraction of sp³-hybridized carbons (Fsp3) is 0.0345. The van der Waals surface area contributed by atoms with E-state index in [1.807, 2.05) is 18.2 Å². The molecule has 150 valence electrons. The fourth-order valence-corrected chi connectivity index (χ4v) is 4.34. The summed E-state index contributed by atoms with van der Waals surface area (Å²) in [6, 6.07) is 42.1. The van der Waals surface area contributed by atoms with E-state index in [4.69, 9.17) is 0 Å². The quantitative estimate of drug-likeness (QED) is 0.377. The van der Waals surface area contributed by atoms with E-state index < -0.39 is 5.66 Å². The van der Waals surface area contributed by atoms with Crippen molar-refractivity contribution < 1.29 is 0 Å². The van der Waals surface area contributed by atoms with Gasteiger partial charge < -0.3 is 10.2 Å². The van der Waals surface area contributed by atoms with Crippen LogP contribution >= 0.6 is 0 Å². The molecule has 31 heavy (non-hydrogen) atoms. The van der Waals surface area contributed by atoms with Crippen molar-refractivity contribution in [3.63, 3.8) is 0 Å². The first-order valence-corrected chi connectivity index (χ1v) is 10.5. The highest BCUT2D eigenvalue weighted by Gasteiger charge is 2.45. The number of benzene rings is 4. The van der Waals surface area contributed by atoms with Crippen LogP contribution in [0.4, 0.5) is 5.69 Å². The summed E-state index contributed by atoms with van der Waals surface area (Å²) < 4.78 is 0. The van der Waals surface area contributed by atoms with Crippen LogP contribution in [0.1, 0.15) is 16.7 Å². The third kappa shape index (κ3) is 3.23. The predicted molar refractivity (Wildman–Crippen MR) is 130 cm³/mol. The Bertz CT molecular complexity index is 1200. The van der Waals surface area contributed by atoms with Crippen LogP contribution in [0.2, 0.25) is 0 Å². The van der Waals surface area contributed by atoms with E-state index in [-0.39, 0.29) is 0 Å². The summed E-state index contributed by atoms with van der Waals surface area (Å²) in [7, 11) is 0. The number of para-hydroxylation sites is 1. The second-order valence-electron chi connectivity index (χ2n) is 7.59. The zero-order valence-corrected chi connectivity index (χ0v) is 17.3. The molecular weight excluding hydrogens is 376 g/mol. The molecule has 4 aromatic carbocycles. The lowest BCUT2D eigenvalue weighted by atomic mass is 9.96. The van der Waals surface area contributed by atoms with Crippen molar-refractivity contribution in [2.24, 2.45) is 0 Å². The van der Waals surface area contributed by atoms with Crippen LogP contribution in [0.3, 0.4) is 0 Å². The van der Waals surface area contributed by atoms with Crippen molar-refractivity contribution in [1.29, 1.82) is 0 Å². The van der Waals surface area contributed by atoms with Crippen molar-refractivity contribution in [1.82, 2.24) is 5.32 Å². The van der Waals surface area contributed by atoms with Gasteiger partial charge in [0.2, 0.25) is 0 Å². The summed E-state index contributed by atoms with van der Waals surface area (Å²) in [6.45, 7) is 4.29. The molecule has 0 saturated heterocycles. The molecule has 0 aliphatic carbocycles. The highest BCUT2D eigenvalue weighted by Crippen LogP contribution is 2.47. The minimum atomic E-state index is -0.626. The SMILES string of the molecule is C=CC1(c2ccccc2)NC(c2ccccc2)=C(c2ccccc2)N1c1ccccc1. The maximum absolute atomic E-state index is 4.29. The molecule has 0 spiro atoms. The topological polar surface area (TPSA) is 15.3 Å². The second kappa shape index (κ2) is 8.00. The minimum Gasteiger partial charge on any atom is -0.353 e. The Morgan fingerprint density at radius 1 is 0.613 bits per heavy atom. The third-order valence-corrected chi connectivity index (χ3v) is 5.76. The van der Waals surface area contributed by atoms with Crippen LogP contribution in [0, 0.1) is 0 Å². The number of anilines is 1. The van der Waals surface area contributed by atoms with E-state index in [2.05, 4.69) is 126 Å². The lowest BCUT2D eigenvalue weighted by molar-refractivity contribution is 0.524. The van der Waals surface area contributed by atoms with Gasteiger partial charge in [-0.3, -0.25) is 0 Å². The molecule has 1 atom stereocenters. The number of rotatable bonds is 5. The largest absolute Gasteiger partial charge is 0.353 e. The standard InChI is InChI=1S/C29H24N2/c1-2-29(25-19-11-5-12-20-25)30-27(23-15-7-3-8-16-23)28(24-17-9-4-10-18-24)31(29)26-21-13-6-14-22-26/h2-22,30H,1H2. The first-order chi connectivity index (χ1) is 15.3. The summed E-state index contributed by atoms with van der Waals surface area (Å²) >= 11 is 0. The van der Waals surface area contributed by atoms with Gasteiger partial charge >= 0.3 is 0 Å². The van der Waals surface area contributed by atoms with Gasteiger partial charge in [0.25, 0.3) is 0 Å². The van der Waals surface area contributed by atoms with Crippen LogP contribution in [0.15, 0.2) is 134 Å². The minimum absolute atomic E-state index is 0.626. The van der Waals surface area contributed by atoms with E-state index in [0.717, 1.165) is 33.8 Å². The van der Waals surface area contributed by atoms with Gasteiger partial charge in [-0.05, 0) is 23.8 Å². The molecule has 1 aliphatic heterocycles. The average Bonchev–Trinajstić information content (AvgIpc) is 3.23. The normalized spacial score (nSPS) is 18.0. The van der Waals surface area contributed by atoms with Gasteiger partial charge in [-0.25, -0.2) is 0 Å². The number of nitrogens with one attached hydrogen (secondary N) is 1. The Hall–Kier alpha value is -4.04. The predicted octanol–water partition coefficient (Wildman–Crippen LogP) is 6.66. The van der Waals surface area contributed by atoms with Crippen molar-refractivity contribution in [3.8, 4) is 0 Å². The number of hydrogen-bond acceptors (Lipinski definition) is 2. The molecule has 4 aromatic rings. The molecule has 0 aromatic heterocycles. The van der Waals surface area contributed by atoms with Gasteiger partial charge in [0.05, 0.1) is 11.4 Å². The van der Waals surface area contributed by atoms with E-state index >= 15 is 0 Å². The highest BCUT2D eigenvalue weighted by molar-refractivity contribution is 6.01. The summed E-state index contributed by atoms with van der Waals surface area (Å²) in [6.07, 6.45) is 2.01. The molecule has 0 saturated carbocycles. The molecule has 0 fully saturated rings. The van der Waals surface area contributed by atoms with E-state index in [1.54, 1.807) is 0 Å². The molecule has 5 rings (SSSR count). The summed E-state index contributed by atoms with van der Waals surface area (Å²) in [5, 5.41) is 3.87. The third-order valence-electron chi connectivity index (χ3n) is 5.76. The Kier molecular flexibility index (Phi) is 4.89. The lowest BCUT2D eigenvalue weighted by Crippen LogP contribution is -2.48. The zero-order chi connectivity index (χ0) is 21.1. The fourth-order valence-electron chi connectivity index (χ4n) is 4.34. The van der Waals surface area contributed by atoms with Crippen molar-refractivity contribution in [2.45, 2.75) is 5.66 Å². The Labute approximate surface area is 183 Å². The Morgan fingerprint density at radius 2 is 1.10 bits per heavy atom. The zero-order valence-electron chi connectivity index (χ0n) is 17.3. The van der Waals surface area contributed by atoms with E-state index in [9.17, 15) is 0 Å². The average molecular weight is 401 g/mol. The second-order valence-corrected chi connectivity index (χ2v) is 7.59. The summed E-state index contributed by atoms with van der Waals surface area (Å²) in [5.41, 5.74) is 6.11.